The summed E-state index contributed by atoms with van der Waals surface area (Å²) in [5, 5.41) is 0. The number of hydrogen-bond acceptors (Lipinski definition) is 6. The molecule has 0 saturated carbocycles. The summed E-state index contributed by atoms with van der Waals surface area (Å²) in [6, 6.07) is 60.5. The number of benzene rings is 6. The number of para-hydroxylation sites is 4. The molecule has 0 bridgehead atoms. The first-order valence-corrected chi connectivity index (χ1v) is 22.3. The number of anilines is 6. The fourth-order valence-electron chi connectivity index (χ4n) is 8.01. The SMILES string of the molecule is FC(F)(F)c1ccc(-c2c(-c3ccc(N(c4ccccc4)c4ccccc4)cc3)sc3c(-c4ccc(C(F)(F)F)nc4)c(-c4ccc(N(c5ccccc5)c5ccccc5)cc4)sc23)cn1. The number of halogens is 6. The monoisotopic (exact) mass is 916 g/mol. The summed E-state index contributed by atoms with van der Waals surface area (Å²) in [4.78, 5) is 13.5. The van der Waals surface area contributed by atoms with E-state index in [0.717, 1.165) is 76.5 Å². The van der Waals surface area contributed by atoms with Gasteiger partial charge in [-0.15, -0.1) is 22.7 Å². The van der Waals surface area contributed by atoms with E-state index in [-0.39, 0.29) is 0 Å². The lowest BCUT2D eigenvalue weighted by Crippen LogP contribution is -2.09. The molecule has 0 aliphatic heterocycles. The molecule has 10 aromatic rings. The van der Waals surface area contributed by atoms with Gasteiger partial charge in [-0.25, -0.2) is 0 Å². The van der Waals surface area contributed by atoms with Crippen molar-refractivity contribution in [1.82, 2.24) is 9.97 Å². The summed E-state index contributed by atoms with van der Waals surface area (Å²) >= 11 is 2.85. The summed E-state index contributed by atoms with van der Waals surface area (Å²) in [5.74, 6) is 0. The van der Waals surface area contributed by atoms with Gasteiger partial charge in [0, 0.05) is 78.5 Å². The zero-order chi connectivity index (χ0) is 45.4. The van der Waals surface area contributed by atoms with Crippen LogP contribution in [0.15, 0.2) is 207 Å². The second-order valence-electron chi connectivity index (χ2n) is 15.2. The predicted molar refractivity (Wildman–Crippen MR) is 256 cm³/mol. The molecule has 4 nitrogen and oxygen atoms in total. The van der Waals surface area contributed by atoms with Crippen LogP contribution in [0.5, 0.6) is 0 Å². The average Bonchev–Trinajstić information content (AvgIpc) is 3.90. The first-order valence-electron chi connectivity index (χ1n) is 20.7. The van der Waals surface area contributed by atoms with Crippen molar-refractivity contribution in [2.45, 2.75) is 12.4 Å². The molecule has 0 atom stereocenters. The predicted octanol–water partition coefficient (Wildman–Crippen LogP) is 17.4. The van der Waals surface area contributed by atoms with E-state index in [9.17, 15) is 26.3 Å². The van der Waals surface area contributed by atoms with Gasteiger partial charge in [0.1, 0.15) is 11.4 Å². The molecule has 4 heterocycles. The highest BCUT2D eigenvalue weighted by atomic mass is 32.1. The van der Waals surface area contributed by atoms with E-state index >= 15 is 0 Å². The van der Waals surface area contributed by atoms with Crippen LogP contribution in [0.2, 0.25) is 0 Å². The lowest BCUT2D eigenvalue weighted by Gasteiger charge is -2.25. The van der Waals surface area contributed by atoms with Crippen molar-refractivity contribution < 1.29 is 26.3 Å². The molecule has 324 valence electrons. The van der Waals surface area contributed by atoms with E-state index in [4.69, 9.17) is 0 Å². The smallest absolute Gasteiger partial charge is 0.311 e. The second kappa shape index (κ2) is 17.4. The van der Waals surface area contributed by atoms with Crippen molar-refractivity contribution in [1.29, 1.82) is 0 Å². The zero-order valence-electron chi connectivity index (χ0n) is 34.5. The Labute approximate surface area is 384 Å². The number of thiophene rings is 2. The van der Waals surface area contributed by atoms with Gasteiger partial charge in [-0.3, -0.25) is 9.97 Å². The van der Waals surface area contributed by atoms with Gasteiger partial charge in [0.15, 0.2) is 0 Å². The van der Waals surface area contributed by atoms with Gasteiger partial charge in [0.25, 0.3) is 0 Å². The van der Waals surface area contributed by atoms with E-state index in [0.29, 0.717) is 22.3 Å². The van der Waals surface area contributed by atoms with Crippen LogP contribution in [0, 0.1) is 0 Å². The fourth-order valence-corrected chi connectivity index (χ4v) is 11.0. The number of rotatable bonds is 10. The van der Waals surface area contributed by atoms with E-state index in [1.54, 1.807) is 0 Å². The van der Waals surface area contributed by atoms with Crippen molar-refractivity contribution in [3.63, 3.8) is 0 Å². The Balaban J connectivity index is 1.15. The van der Waals surface area contributed by atoms with Crippen molar-refractivity contribution in [3.8, 4) is 43.1 Å². The molecule has 0 radical (unpaired) electrons. The highest BCUT2D eigenvalue weighted by Gasteiger charge is 2.34. The molecule has 66 heavy (non-hydrogen) atoms. The van der Waals surface area contributed by atoms with Gasteiger partial charge >= 0.3 is 12.4 Å². The minimum Gasteiger partial charge on any atom is -0.311 e. The first-order chi connectivity index (χ1) is 32.0. The third-order valence-electron chi connectivity index (χ3n) is 11.0. The standard InChI is InChI=1S/C54H34F6N4S2/c55-53(56,57)45-31-25-37(33-61-45)47-49(35-21-27-43(28-22-35)63(39-13-5-1-6-14-39)40-15-7-2-8-16-40)65-52-48(38-26-32-46(62-34-38)54(58,59)60)50(66-51(47)52)36-23-29-44(30-24-36)64(41-17-9-3-10-18-41)42-19-11-4-12-20-42/h1-34H. The van der Waals surface area contributed by atoms with Crippen LogP contribution in [0.4, 0.5) is 60.5 Å². The molecule has 0 aliphatic rings. The number of hydrogen-bond donors (Lipinski definition) is 0. The maximum Gasteiger partial charge on any atom is 0.433 e. The normalized spacial score (nSPS) is 11.8. The number of alkyl halides is 6. The van der Waals surface area contributed by atoms with Gasteiger partial charge in [-0.1, -0.05) is 109 Å². The third kappa shape index (κ3) is 8.32. The van der Waals surface area contributed by atoms with Crippen LogP contribution in [0.3, 0.4) is 0 Å². The van der Waals surface area contributed by atoms with Crippen molar-refractivity contribution in [2.24, 2.45) is 0 Å². The van der Waals surface area contributed by atoms with Crippen molar-refractivity contribution in [3.05, 3.63) is 218 Å². The number of nitrogens with zero attached hydrogens (tertiary/aromatic N) is 4. The van der Waals surface area contributed by atoms with Crippen molar-refractivity contribution >= 4 is 66.2 Å². The molecular formula is C54H34F6N4S2. The van der Waals surface area contributed by atoms with Gasteiger partial charge < -0.3 is 9.80 Å². The summed E-state index contributed by atoms with van der Waals surface area (Å²) < 4.78 is 84.7. The summed E-state index contributed by atoms with van der Waals surface area (Å²) in [7, 11) is 0. The molecule has 12 heteroatoms. The molecule has 0 aliphatic carbocycles. The molecule has 4 aromatic heterocycles. The Kier molecular flexibility index (Phi) is 11.2. The molecule has 0 N–H and O–H groups in total. The van der Waals surface area contributed by atoms with Gasteiger partial charge in [-0.2, -0.15) is 26.3 Å². The Morgan fingerprint density at radius 1 is 0.318 bits per heavy atom. The van der Waals surface area contributed by atoms with E-state index < -0.39 is 23.7 Å². The van der Waals surface area contributed by atoms with Crippen LogP contribution >= 0.6 is 22.7 Å². The van der Waals surface area contributed by atoms with E-state index in [1.807, 2.05) is 170 Å². The first kappa shape index (κ1) is 42.4. The molecule has 0 saturated heterocycles. The molecule has 10 rings (SSSR count). The third-order valence-corrected chi connectivity index (χ3v) is 13.7. The fraction of sp³-hybridized carbons (Fsp3) is 0.0370. The van der Waals surface area contributed by atoms with Crippen LogP contribution in [0.1, 0.15) is 11.4 Å². The second-order valence-corrected chi connectivity index (χ2v) is 17.3. The highest BCUT2D eigenvalue weighted by Crippen LogP contribution is 2.56. The summed E-state index contributed by atoms with van der Waals surface area (Å²) in [6.45, 7) is 0. The molecular weight excluding hydrogens is 883 g/mol. The quantitative estimate of drug-likeness (QED) is 0.128. The Morgan fingerprint density at radius 2 is 0.591 bits per heavy atom. The molecule has 6 aromatic carbocycles. The minimum absolute atomic E-state index is 0.463. The molecule has 0 amide bonds. The van der Waals surface area contributed by atoms with Crippen LogP contribution in [-0.4, -0.2) is 9.97 Å². The summed E-state index contributed by atoms with van der Waals surface area (Å²) in [6.07, 6.45) is -6.81. The Bertz CT molecular complexity index is 2930. The topological polar surface area (TPSA) is 32.3 Å². The van der Waals surface area contributed by atoms with Crippen LogP contribution < -0.4 is 9.80 Å². The number of pyridine rings is 2. The van der Waals surface area contributed by atoms with Gasteiger partial charge in [-0.05, 0) is 96.1 Å². The number of aromatic nitrogens is 2. The summed E-state index contributed by atoms with van der Waals surface area (Å²) in [5.41, 5.74) is 7.39. The molecule has 0 fully saturated rings. The Morgan fingerprint density at radius 3 is 0.848 bits per heavy atom. The maximum atomic E-state index is 13.9. The van der Waals surface area contributed by atoms with E-state index in [1.165, 1.54) is 47.2 Å². The van der Waals surface area contributed by atoms with Crippen LogP contribution in [0.25, 0.3) is 52.5 Å². The Hall–Kier alpha value is -7.54. The highest BCUT2D eigenvalue weighted by molar-refractivity contribution is 7.33. The lowest BCUT2D eigenvalue weighted by molar-refractivity contribution is -0.141. The molecule has 0 unspecified atom stereocenters. The average molecular weight is 917 g/mol. The zero-order valence-corrected chi connectivity index (χ0v) is 36.1. The number of fused-ring (bicyclic) bond motifs is 1. The van der Waals surface area contributed by atoms with Crippen molar-refractivity contribution in [2.75, 3.05) is 9.80 Å². The van der Waals surface area contributed by atoms with Gasteiger partial charge in [0.05, 0.1) is 9.40 Å². The minimum atomic E-state index is -4.65. The maximum absolute atomic E-state index is 13.9. The largest absolute Gasteiger partial charge is 0.433 e. The van der Waals surface area contributed by atoms with Gasteiger partial charge in [0.2, 0.25) is 0 Å². The van der Waals surface area contributed by atoms with E-state index in [2.05, 4.69) is 19.8 Å². The lowest BCUT2D eigenvalue weighted by atomic mass is 10.0. The van der Waals surface area contributed by atoms with Crippen LogP contribution in [-0.2, 0) is 12.4 Å². The molecule has 0 spiro atoms.